The molecule has 0 aliphatic carbocycles. The fraction of sp³-hybridized carbons (Fsp3) is 0.429. The van der Waals surface area contributed by atoms with E-state index in [4.69, 9.17) is 29.2 Å². The number of carboxylic acids is 2. The number of carbonyl (C=O) groups is 4. The van der Waals surface area contributed by atoms with Gasteiger partial charge in [0.1, 0.15) is 12.2 Å². The van der Waals surface area contributed by atoms with Crippen molar-refractivity contribution in [2.45, 2.75) is 24.4 Å². The molecule has 2 saturated heterocycles. The van der Waals surface area contributed by atoms with Gasteiger partial charge in [0.15, 0.2) is 12.2 Å². The van der Waals surface area contributed by atoms with E-state index in [9.17, 15) is 19.2 Å². The van der Waals surface area contributed by atoms with Crippen molar-refractivity contribution >= 4 is 23.9 Å². The van der Waals surface area contributed by atoms with Crippen LogP contribution in [-0.4, -0.2) is 71.7 Å². The van der Waals surface area contributed by atoms with Crippen LogP contribution in [0.2, 0.25) is 0 Å². The zero-order valence-electron chi connectivity index (χ0n) is 12.2. The summed E-state index contributed by atoms with van der Waals surface area (Å²) in [5.41, 5.74) is 0. The summed E-state index contributed by atoms with van der Waals surface area (Å²) < 4.78 is 20.9. The summed E-state index contributed by atoms with van der Waals surface area (Å²) in [5, 5.41) is 16.9. The average molecular weight is 342 g/mol. The van der Waals surface area contributed by atoms with Crippen molar-refractivity contribution in [3.05, 3.63) is 24.3 Å². The molecule has 0 amide bonds. The van der Waals surface area contributed by atoms with Crippen molar-refractivity contribution < 1.29 is 48.3 Å². The normalized spacial score (nSPS) is 28.8. The summed E-state index contributed by atoms with van der Waals surface area (Å²) in [6, 6.07) is 0. The first-order valence-corrected chi connectivity index (χ1v) is 6.83. The summed E-state index contributed by atoms with van der Waals surface area (Å²) in [6.07, 6.45) is -0.0348. The van der Waals surface area contributed by atoms with E-state index in [0.717, 1.165) is 12.2 Å². The second-order valence-corrected chi connectivity index (χ2v) is 4.89. The van der Waals surface area contributed by atoms with Crippen LogP contribution in [0, 0.1) is 0 Å². The van der Waals surface area contributed by atoms with Gasteiger partial charge in [-0.15, -0.1) is 0 Å². The van der Waals surface area contributed by atoms with E-state index >= 15 is 0 Å². The third-order valence-electron chi connectivity index (χ3n) is 3.22. The Bertz CT molecular complexity index is 540. The van der Waals surface area contributed by atoms with Crippen LogP contribution in [0.3, 0.4) is 0 Å². The van der Waals surface area contributed by atoms with Gasteiger partial charge in [-0.05, 0) is 0 Å². The number of fused-ring (bicyclic) bond motifs is 1. The van der Waals surface area contributed by atoms with Gasteiger partial charge in [0, 0.05) is 24.3 Å². The second-order valence-electron chi connectivity index (χ2n) is 4.89. The van der Waals surface area contributed by atoms with E-state index in [2.05, 4.69) is 0 Å². The molecule has 4 unspecified atom stereocenters. The Morgan fingerprint density at radius 3 is 1.46 bits per heavy atom. The molecular formula is C14H14O10. The summed E-state index contributed by atoms with van der Waals surface area (Å²) in [5.74, 6) is -4.29. The van der Waals surface area contributed by atoms with E-state index in [1.165, 1.54) is 0 Å². The molecule has 10 heteroatoms. The monoisotopic (exact) mass is 342 g/mol. The predicted molar refractivity (Wildman–Crippen MR) is 72.8 cm³/mol. The molecule has 2 heterocycles. The number of hydrogen-bond acceptors (Lipinski definition) is 8. The summed E-state index contributed by atoms with van der Waals surface area (Å²) >= 11 is 0. The molecule has 0 aromatic rings. The zero-order chi connectivity index (χ0) is 17.7. The molecule has 0 aromatic carbocycles. The van der Waals surface area contributed by atoms with Gasteiger partial charge in [0.25, 0.3) is 0 Å². The van der Waals surface area contributed by atoms with Gasteiger partial charge in [-0.25, -0.2) is 19.2 Å². The lowest BCUT2D eigenvalue weighted by Crippen LogP contribution is -2.35. The van der Waals surface area contributed by atoms with Crippen molar-refractivity contribution in [1.29, 1.82) is 0 Å². The van der Waals surface area contributed by atoms with Crippen molar-refractivity contribution in [1.82, 2.24) is 0 Å². The lowest BCUT2D eigenvalue weighted by atomic mass is 10.1. The van der Waals surface area contributed by atoms with Crippen molar-refractivity contribution in [3.8, 4) is 0 Å². The first kappa shape index (κ1) is 17.6. The molecule has 2 N–H and O–H groups in total. The van der Waals surface area contributed by atoms with Gasteiger partial charge in [-0.3, -0.25) is 0 Å². The van der Waals surface area contributed by atoms with Gasteiger partial charge in [-0.1, -0.05) is 0 Å². The van der Waals surface area contributed by atoms with Crippen LogP contribution in [0.15, 0.2) is 24.3 Å². The van der Waals surface area contributed by atoms with Crippen LogP contribution in [0.25, 0.3) is 0 Å². The Morgan fingerprint density at radius 1 is 0.750 bits per heavy atom. The highest BCUT2D eigenvalue weighted by Crippen LogP contribution is 2.30. The minimum atomic E-state index is -1.29. The van der Waals surface area contributed by atoms with Gasteiger partial charge >= 0.3 is 23.9 Å². The number of hydrogen-bond donors (Lipinski definition) is 2. The molecule has 0 spiro atoms. The van der Waals surface area contributed by atoms with Crippen LogP contribution in [0.4, 0.5) is 0 Å². The highest BCUT2D eigenvalue weighted by molar-refractivity contribution is 5.91. The maximum Gasteiger partial charge on any atom is 0.331 e. The van der Waals surface area contributed by atoms with Crippen molar-refractivity contribution in [3.63, 3.8) is 0 Å². The van der Waals surface area contributed by atoms with E-state index in [-0.39, 0.29) is 13.2 Å². The minimum absolute atomic E-state index is 0.000993. The van der Waals surface area contributed by atoms with Gasteiger partial charge in [0.05, 0.1) is 13.2 Å². The molecule has 0 aromatic heterocycles. The van der Waals surface area contributed by atoms with Gasteiger partial charge in [0.2, 0.25) is 0 Å². The third kappa shape index (κ3) is 4.64. The predicted octanol–water partition coefficient (Wildman–Crippen LogP) is -1.11. The number of esters is 2. The fourth-order valence-electron chi connectivity index (χ4n) is 2.29. The number of carbonyl (C=O) groups excluding carboxylic acids is 2. The molecule has 2 aliphatic rings. The molecule has 24 heavy (non-hydrogen) atoms. The Morgan fingerprint density at radius 2 is 1.12 bits per heavy atom. The average Bonchev–Trinajstić information content (AvgIpc) is 3.07. The minimum Gasteiger partial charge on any atom is -0.478 e. The molecule has 0 bridgehead atoms. The fourth-order valence-corrected chi connectivity index (χ4v) is 2.29. The molecule has 130 valence electrons. The zero-order valence-corrected chi connectivity index (χ0v) is 12.2. The summed E-state index contributed by atoms with van der Waals surface area (Å²) in [7, 11) is 0. The number of carboxylic acid groups (broad SMARTS) is 2. The first-order valence-electron chi connectivity index (χ1n) is 6.83. The molecule has 2 aliphatic heterocycles. The Labute approximate surface area is 135 Å². The molecular weight excluding hydrogens is 328 g/mol. The van der Waals surface area contributed by atoms with Crippen LogP contribution < -0.4 is 0 Å². The molecule has 0 saturated carbocycles. The number of ether oxygens (including phenoxy) is 4. The van der Waals surface area contributed by atoms with E-state index in [1.54, 1.807) is 0 Å². The third-order valence-corrected chi connectivity index (χ3v) is 3.22. The Kier molecular flexibility index (Phi) is 5.66. The van der Waals surface area contributed by atoms with E-state index < -0.39 is 48.3 Å². The van der Waals surface area contributed by atoms with Crippen LogP contribution >= 0.6 is 0 Å². The summed E-state index contributed by atoms with van der Waals surface area (Å²) in [4.78, 5) is 43.6. The molecule has 4 atom stereocenters. The largest absolute Gasteiger partial charge is 0.478 e. The van der Waals surface area contributed by atoms with Gasteiger partial charge < -0.3 is 29.2 Å². The van der Waals surface area contributed by atoms with Crippen LogP contribution in [0.1, 0.15) is 0 Å². The van der Waals surface area contributed by atoms with Crippen molar-refractivity contribution in [2.24, 2.45) is 0 Å². The smallest absolute Gasteiger partial charge is 0.331 e. The van der Waals surface area contributed by atoms with Crippen molar-refractivity contribution in [2.75, 3.05) is 13.2 Å². The maximum absolute atomic E-state index is 11.5. The summed E-state index contributed by atoms with van der Waals surface area (Å²) in [6.45, 7) is 0.00199. The number of aliphatic carboxylic acids is 2. The number of rotatable bonds is 6. The lowest BCUT2D eigenvalue weighted by Gasteiger charge is -2.16. The first-order chi connectivity index (χ1) is 11.4. The highest BCUT2D eigenvalue weighted by atomic mass is 16.7. The molecule has 2 fully saturated rings. The van der Waals surface area contributed by atoms with Crippen LogP contribution in [-0.2, 0) is 38.1 Å². The Balaban J connectivity index is 1.87. The maximum atomic E-state index is 11.5. The van der Waals surface area contributed by atoms with E-state index in [1.807, 2.05) is 0 Å². The lowest BCUT2D eigenvalue weighted by molar-refractivity contribution is -0.149. The van der Waals surface area contributed by atoms with Crippen LogP contribution in [0.5, 0.6) is 0 Å². The SMILES string of the molecule is O=C(O)C=CC(=O)OC1COC2C(OC(=O)C=CC(=O)O)COC12. The quantitative estimate of drug-likeness (QED) is 0.450. The van der Waals surface area contributed by atoms with E-state index in [0.29, 0.717) is 12.2 Å². The topological polar surface area (TPSA) is 146 Å². The molecule has 10 nitrogen and oxygen atoms in total. The Hall–Kier alpha value is -2.72. The standard InChI is InChI=1S/C14H14O10/c15-9(16)1-3-11(19)23-7-5-21-14-8(6-22-13(7)14)24-12(20)4-2-10(17)18/h1-4,7-8,13-14H,5-6H2,(H,15,16)(H,17,18). The molecule has 0 radical (unpaired) electrons. The molecule has 2 rings (SSSR count). The second kappa shape index (κ2) is 7.70. The highest BCUT2D eigenvalue weighted by Gasteiger charge is 2.50. The van der Waals surface area contributed by atoms with Gasteiger partial charge in [-0.2, -0.15) is 0 Å².